The van der Waals surface area contributed by atoms with Crippen LogP contribution < -0.4 is 0 Å². The number of benzene rings is 1. The number of carbonyl (C=O) groups is 1. The molecule has 0 amide bonds. The van der Waals surface area contributed by atoms with Crippen molar-refractivity contribution < 1.29 is 9.18 Å². The lowest BCUT2D eigenvalue weighted by atomic mass is 10.0. The highest BCUT2D eigenvalue weighted by molar-refractivity contribution is 6.31. The van der Waals surface area contributed by atoms with E-state index in [0.29, 0.717) is 11.1 Å². The summed E-state index contributed by atoms with van der Waals surface area (Å²) in [6, 6.07) is 7.69. The van der Waals surface area contributed by atoms with Gasteiger partial charge in [0.15, 0.2) is 5.78 Å². The largest absolute Gasteiger partial charge is 0.294 e. The summed E-state index contributed by atoms with van der Waals surface area (Å²) in [7, 11) is 0. The first-order chi connectivity index (χ1) is 8.18. The highest BCUT2D eigenvalue weighted by atomic mass is 35.5. The molecule has 0 N–H and O–H groups in total. The van der Waals surface area contributed by atoms with Crippen LogP contribution in [0.2, 0.25) is 5.02 Å². The molecule has 0 spiro atoms. The van der Waals surface area contributed by atoms with Crippen molar-refractivity contribution in [3.63, 3.8) is 0 Å². The minimum Gasteiger partial charge on any atom is -0.294 e. The SMILES string of the molecule is O=C(Cc1cccc(F)c1Cl)c1ccncc1. The van der Waals surface area contributed by atoms with Gasteiger partial charge >= 0.3 is 0 Å². The summed E-state index contributed by atoms with van der Waals surface area (Å²) in [5.41, 5.74) is 1.04. The van der Waals surface area contributed by atoms with Crippen LogP contribution in [0.4, 0.5) is 4.39 Å². The molecule has 0 saturated carbocycles. The van der Waals surface area contributed by atoms with E-state index in [4.69, 9.17) is 11.6 Å². The molecule has 0 unspecified atom stereocenters. The average Bonchev–Trinajstić information content (AvgIpc) is 2.36. The zero-order valence-corrected chi connectivity index (χ0v) is 9.62. The van der Waals surface area contributed by atoms with Gasteiger partial charge in [0.05, 0.1) is 5.02 Å². The van der Waals surface area contributed by atoms with Gasteiger partial charge in [0.25, 0.3) is 0 Å². The third kappa shape index (κ3) is 2.68. The van der Waals surface area contributed by atoms with Gasteiger partial charge in [-0.3, -0.25) is 9.78 Å². The predicted molar refractivity (Wildman–Crippen MR) is 63.7 cm³/mol. The Bertz CT molecular complexity index is 542. The fraction of sp³-hybridized carbons (Fsp3) is 0.0769. The topological polar surface area (TPSA) is 30.0 Å². The van der Waals surface area contributed by atoms with E-state index in [9.17, 15) is 9.18 Å². The summed E-state index contributed by atoms with van der Waals surface area (Å²) in [6.45, 7) is 0. The maximum Gasteiger partial charge on any atom is 0.167 e. The monoisotopic (exact) mass is 249 g/mol. The second-order valence-corrected chi connectivity index (χ2v) is 3.93. The van der Waals surface area contributed by atoms with Gasteiger partial charge in [0, 0.05) is 24.4 Å². The molecule has 0 aliphatic heterocycles. The molecule has 0 aliphatic carbocycles. The summed E-state index contributed by atoms with van der Waals surface area (Å²) >= 11 is 5.79. The lowest BCUT2D eigenvalue weighted by Crippen LogP contribution is -2.04. The Morgan fingerprint density at radius 2 is 1.94 bits per heavy atom. The summed E-state index contributed by atoms with van der Waals surface area (Å²) in [6.07, 6.45) is 3.17. The maximum absolute atomic E-state index is 13.2. The molecule has 0 radical (unpaired) electrons. The molecule has 2 nitrogen and oxygen atoms in total. The predicted octanol–water partition coefficient (Wildman–Crippen LogP) is 3.30. The van der Waals surface area contributed by atoms with Crippen LogP contribution in [0.5, 0.6) is 0 Å². The summed E-state index contributed by atoms with van der Waals surface area (Å²) < 4.78 is 13.2. The van der Waals surface area contributed by atoms with Crippen molar-refractivity contribution in [2.24, 2.45) is 0 Å². The van der Waals surface area contributed by atoms with E-state index < -0.39 is 5.82 Å². The smallest absolute Gasteiger partial charge is 0.167 e. The van der Waals surface area contributed by atoms with E-state index >= 15 is 0 Å². The molecular formula is C13H9ClFNO. The third-order valence-electron chi connectivity index (χ3n) is 2.38. The molecule has 2 rings (SSSR count). The van der Waals surface area contributed by atoms with Crippen molar-refractivity contribution in [1.82, 2.24) is 4.98 Å². The van der Waals surface area contributed by atoms with Crippen molar-refractivity contribution >= 4 is 17.4 Å². The second kappa shape index (κ2) is 5.06. The molecule has 1 aromatic heterocycles. The number of halogens is 2. The number of hydrogen-bond donors (Lipinski definition) is 0. The van der Waals surface area contributed by atoms with Crippen molar-refractivity contribution in [2.75, 3.05) is 0 Å². The van der Waals surface area contributed by atoms with E-state index in [1.54, 1.807) is 30.6 Å². The molecule has 2 aromatic rings. The first-order valence-electron chi connectivity index (χ1n) is 5.04. The Balaban J connectivity index is 2.22. The van der Waals surface area contributed by atoms with Crippen LogP contribution in [0.25, 0.3) is 0 Å². The third-order valence-corrected chi connectivity index (χ3v) is 2.81. The van der Waals surface area contributed by atoms with E-state index in [1.807, 2.05) is 0 Å². The number of hydrogen-bond acceptors (Lipinski definition) is 2. The molecule has 0 saturated heterocycles. The van der Waals surface area contributed by atoms with Crippen LogP contribution in [0.3, 0.4) is 0 Å². The van der Waals surface area contributed by atoms with Gasteiger partial charge in [-0.05, 0) is 23.8 Å². The zero-order chi connectivity index (χ0) is 12.3. The van der Waals surface area contributed by atoms with Gasteiger partial charge in [-0.15, -0.1) is 0 Å². The standard InChI is InChI=1S/C13H9ClFNO/c14-13-10(2-1-3-11(13)15)8-12(17)9-4-6-16-7-5-9/h1-7H,8H2. The number of nitrogens with zero attached hydrogens (tertiary/aromatic N) is 1. The number of Topliss-reactive ketones (excluding diaryl/α,β-unsaturated/α-hetero) is 1. The fourth-order valence-electron chi connectivity index (χ4n) is 1.50. The summed E-state index contributed by atoms with van der Waals surface area (Å²) in [5, 5.41) is 0.00917. The first kappa shape index (κ1) is 11.7. The van der Waals surface area contributed by atoms with Crippen LogP contribution in [0.15, 0.2) is 42.7 Å². The van der Waals surface area contributed by atoms with Crippen LogP contribution in [0, 0.1) is 5.82 Å². The Labute approximate surface area is 103 Å². The van der Waals surface area contributed by atoms with Crippen molar-refractivity contribution in [1.29, 1.82) is 0 Å². The molecule has 86 valence electrons. The summed E-state index contributed by atoms with van der Waals surface area (Å²) in [4.78, 5) is 15.7. The van der Waals surface area contributed by atoms with E-state index in [-0.39, 0.29) is 17.2 Å². The molecule has 0 fully saturated rings. The average molecular weight is 250 g/mol. The molecule has 4 heteroatoms. The maximum atomic E-state index is 13.2. The Morgan fingerprint density at radius 1 is 1.24 bits per heavy atom. The van der Waals surface area contributed by atoms with E-state index in [2.05, 4.69) is 4.98 Å². The van der Waals surface area contributed by atoms with Crippen LogP contribution in [-0.2, 0) is 6.42 Å². The molecule has 1 aromatic carbocycles. The van der Waals surface area contributed by atoms with Crippen molar-refractivity contribution in [2.45, 2.75) is 6.42 Å². The van der Waals surface area contributed by atoms with Crippen molar-refractivity contribution in [3.05, 3.63) is 64.7 Å². The van der Waals surface area contributed by atoms with Gasteiger partial charge in [0.1, 0.15) is 5.82 Å². The quantitative estimate of drug-likeness (QED) is 0.782. The first-order valence-corrected chi connectivity index (χ1v) is 5.42. The normalized spacial score (nSPS) is 10.2. The minimum absolute atomic E-state index is 0.00917. The highest BCUT2D eigenvalue weighted by Crippen LogP contribution is 2.21. The Hall–Kier alpha value is -1.74. The molecule has 1 heterocycles. The van der Waals surface area contributed by atoms with Gasteiger partial charge in [-0.2, -0.15) is 0 Å². The van der Waals surface area contributed by atoms with Crippen LogP contribution >= 0.6 is 11.6 Å². The molecule has 0 atom stereocenters. The van der Waals surface area contributed by atoms with Crippen LogP contribution in [-0.4, -0.2) is 10.8 Å². The zero-order valence-electron chi connectivity index (χ0n) is 8.86. The number of rotatable bonds is 3. The molecule has 17 heavy (non-hydrogen) atoms. The number of carbonyl (C=O) groups excluding carboxylic acids is 1. The summed E-state index contributed by atoms with van der Waals surface area (Å²) in [5.74, 6) is -0.619. The van der Waals surface area contributed by atoms with Gasteiger partial charge in [-0.1, -0.05) is 23.7 Å². The lowest BCUT2D eigenvalue weighted by Gasteiger charge is -2.04. The lowest BCUT2D eigenvalue weighted by molar-refractivity contribution is 0.0993. The van der Waals surface area contributed by atoms with Crippen LogP contribution in [0.1, 0.15) is 15.9 Å². The number of ketones is 1. The molecular weight excluding hydrogens is 241 g/mol. The van der Waals surface area contributed by atoms with Crippen molar-refractivity contribution in [3.8, 4) is 0 Å². The number of pyridine rings is 1. The Morgan fingerprint density at radius 3 is 2.65 bits per heavy atom. The van der Waals surface area contributed by atoms with Gasteiger partial charge < -0.3 is 0 Å². The van der Waals surface area contributed by atoms with Gasteiger partial charge in [0.2, 0.25) is 0 Å². The second-order valence-electron chi connectivity index (χ2n) is 3.55. The molecule has 0 aliphatic rings. The van der Waals surface area contributed by atoms with E-state index in [1.165, 1.54) is 12.1 Å². The molecule has 0 bridgehead atoms. The van der Waals surface area contributed by atoms with E-state index in [0.717, 1.165) is 0 Å². The number of aromatic nitrogens is 1. The minimum atomic E-state index is -0.508. The highest BCUT2D eigenvalue weighted by Gasteiger charge is 2.11. The van der Waals surface area contributed by atoms with Gasteiger partial charge in [-0.25, -0.2) is 4.39 Å². The fourth-order valence-corrected chi connectivity index (χ4v) is 1.69. The Kier molecular flexibility index (Phi) is 3.49.